The molecule has 32 heavy (non-hydrogen) atoms. The van der Waals surface area contributed by atoms with E-state index in [9.17, 15) is 29.1 Å². The molecule has 1 fully saturated rings. The predicted octanol–water partition coefficient (Wildman–Crippen LogP) is -1.05. The summed E-state index contributed by atoms with van der Waals surface area (Å²) in [6.07, 6.45) is 3.32. The maximum Gasteiger partial charge on any atom is 0.326 e. The normalized spacial score (nSPS) is 18.4. The fraction of sp³-hybridized carbons (Fsp3) is 0.750. The zero-order valence-electron chi connectivity index (χ0n) is 18.8. The zero-order valence-corrected chi connectivity index (χ0v) is 19.6. The summed E-state index contributed by atoms with van der Waals surface area (Å²) in [5.41, 5.74) is 5.24. The predicted molar refractivity (Wildman–Crippen MR) is 121 cm³/mol. The number of aliphatic carboxylic acids is 1. The van der Waals surface area contributed by atoms with E-state index in [0.717, 1.165) is 6.42 Å². The first-order valence-corrected chi connectivity index (χ1v) is 12.1. The van der Waals surface area contributed by atoms with Gasteiger partial charge in [-0.3, -0.25) is 19.2 Å². The molecule has 12 heteroatoms. The smallest absolute Gasteiger partial charge is 0.326 e. The summed E-state index contributed by atoms with van der Waals surface area (Å²) >= 11 is 1.46. The van der Waals surface area contributed by atoms with Gasteiger partial charge in [0.2, 0.25) is 23.6 Å². The quantitative estimate of drug-likeness (QED) is 0.185. The van der Waals surface area contributed by atoms with Gasteiger partial charge < -0.3 is 32.1 Å². The highest BCUT2D eigenvalue weighted by molar-refractivity contribution is 7.98. The highest BCUT2D eigenvalue weighted by atomic mass is 32.2. The lowest BCUT2D eigenvalue weighted by Gasteiger charge is -2.25. The molecule has 11 nitrogen and oxygen atoms in total. The van der Waals surface area contributed by atoms with Gasteiger partial charge in [0, 0.05) is 0 Å². The van der Waals surface area contributed by atoms with Gasteiger partial charge in [0.1, 0.15) is 18.1 Å². The average Bonchev–Trinajstić information content (AvgIpc) is 3.23. The molecule has 4 amide bonds. The average molecular weight is 474 g/mol. The van der Waals surface area contributed by atoms with Crippen LogP contribution in [0.15, 0.2) is 0 Å². The SMILES string of the molecule is CSCCC(NC(=O)C(CC(C)C)NC(=O)C(CC(N)=O)NC(=O)C1CCCN1)C(=O)O. The molecule has 0 saturated carbocycles. The van der Waals surface area contributed by atoms with Crippen molar-refractivity contribution < 1.29 is 29.1 Å². The number of thioether (sulfide) groups is 1. The number of amides is 4. The third kappa shape index (κ3) is 9.86. The second-order valence-corrected chi connectivity index (χ2v) is 9.24. The number of carboxylic acid groups (broad SMARTS) is 1. The van der Waals surface area contributed by atoms with Crippen LogP contribution in [0.1, 0.15) is 46.0 Å². The minimum Gasteiger partial charge on any atom is -0.480 e. The number of nitrogens with two attached hydrogens (primary N) is 1. The first-order valence-electron chi connectivity index (χ1n) is 10.7. The molecule has 1 rings (SSSR count). The van der Waals surface area contributed by atoms with Gasteiger partial charge in [-0.05, 0) is 50.2 Å². The van der Waals surface area contributed by atoms with Crippen LogP contribution >= 0.6 is 11.8 Å². The van der Waals surface area contributed by atoms with Crippen LogP contribution in [-0.2, 0) is 24.0 Å². The molecule has 0 aliphatic carbocycles. The first kappa shape index (κ1) is 27.7. The Morgan fingerprint density at radius 1 is 1.06 bits per heavy atom. The van der Waals surface area contributed by atoms with E-state index in [4.69, 9.17) is 5.73 Å². The maximum absolute atomic E-state index is 12.9. The number of nitrogens with one attached hydrogen (secondary N) is 4. The summed E-state index contributed by atoms with van der Waals surface area (Å²) in [5.74, 6) is -3.18. The number of primary amides is 1. The van der Waals surface area contributed by atoms with Crippen LogP contribution in [0.2, 0.25) is 0 Å². The highest BCUT2D eigenvalue weighted by Crippen LogP contribution is 2.09. The van der Waals surface area contributed by atoms with E-state index in [0.29, 0.717) is 18.7 Å². The molecule has 0 aromatic heterocycles. The van der Waals surface area contributed by atoms with Crippen LogP contribution < -0.4 is 27.0 Å². The second-order valence-electron chi connectivity index (χ2n) is 8.25. The minimum absolute atomic E-state index is 0.00685. The van der Waals surface area contributed by atoms with Gasteiger partial charge in [0.25, 0.3) is 0 Å². The summed E-state index contributed by atoms with van der Waals surface area (Å²) in [5, 5.41) is 19.9. The number of carbonyl (C=O) groups excluding carboxylic acids is 4. The molecule has 0 radical (unpaired) electrons. The van der Waals surface area contributed by atoms with Crippen molar-refractivity contribution in [2.45, 2.75) is 70.1 Å². The van der Waals surface area contributed by atoms with Crippen molar-refractivity contribution in [3.63, 3.8) is 0 Å². The highest BCUT2D eigenvalue weighted by Gasteiger charge is 2.32. The van der Waals surface area contributed by atoms with Crippen molar-refractivity contribution in [3.05, 3.63) is 0 Å². The zero-order chi connectivity index (χ0) is 24.3. The number of hydrogen-bond acceptors (Lipinski definition) is 7. The Bertz CT molecular complexity index is 683. The molecule has 182 valence electrons. The topological polar surface area (TPSA) is 180 Å². The number of rotatable bonds is 14. The van der Waals surface area contributed by atoms with Gasteiger partial charge >= 0.3 is 5.97 Å². The van der Waals surface area contributed by atoms with Crippen LogP contribution in [0.4, 0.5) is 0 Å². The summed E-state index contributed by atoms with van der Waals surface area (Å²) in [4.78, 5) is 61.0. The summed E-state index contributed by atoms with van der Waals surface area (Å²) in [7, 11) is 0. The van der Waals surface area contributed by atoms with Crippen LogP contribution in [0.5, 0.6) is 0 Å². The molecule has 0 aromatic rings. The summed E-state index contributed by atoms with van der Waals surface area (Å²) in [6.45, 7) is 4.38. The van der Waals surface area contributed by atoms with Crippen molar-refractivity contribution in [2.24, 2.45) is 11.7 Å². The Hall–Kier alpha value is -2.34. The van der Waals surface area contributed by atoms with Crippen molar-refractivity contribution >= 4 is 41.4 Å². The molecule has 7 N–H and O–H groups in total. The Balaban J connectivity index is 2.90. The molecule has 4 atom stereocenters. The van der Waals surface area contributed by atoms with E-state index >= 15 is 0 Å². The van der Waals surface area contributed by atoms with Crippen molar-refractivity contribution in [2.75, 3.05) is 18.6 Å². The molecule has 0 bridgehead atoms. The van der Waals surface area contributed by atoms with Crippen molar-refractivity contribution in [3.8, 4) is 0 Å². The number of carbonyl (C=O) groups is 5. The van der Waals surface area contributed by atoms with Gasteiger partial charge in [-0.1, -0.05) is 13.8 Å². The minimum atomic E-state index is -1.24. The van der Waals surface area contributed by atoms with Gasteiger partial charge in [-0.15, -0.1) is 0 Å². The monoisotopic (exact) mass is 473 g/mol. The number of carboxylic acids is 1. The summed E-state index contributed by atoms with van der Waals surface area (Å²) in [6, 6.07) is -3.82. The van der Waals surface area contributed by atoms with Crippen molar-refractivity contribution in [1.82, 2.24) is 21.3 Å². The molecule has 1 aliphatic heterocycles. The van der Waals surface area contributed by atoms with Gasteiger partial charge in [-0.25, -0.2) is 4.79 Å². The van der Waals surface area contributed by atoms with E-state index < -0.39 is 60.2 Å². The fourth-order valence-electron chi connectivity index (χ4n) is 3.33. The Labute approximate surface area is 192 Å². The lowest BCUT2D eigenvalue weighted by atomic mass is 10.0. The number of hydrogen-bond donors (Lipinski definition) is 6. The largest absolute Gasteiger partial charge is 0.480 e. The molecule has 1 heterocycles. The standard InChI is InChI=1S/C20H35N5O6S/c1-11(2)9-14(18(28)23-13(20(30)31)6-8-32-3)24-19(29)15(10-16(21)26)25-17(27)12-5-4-7-22-12/h11-15,22H,4-10H2,1-3H3,(H2,21,26)(H,23,28)(H,24,29)(H,25,27)(H,30,31). The molecular weight excluding hydrogens is 438 g/mol. The van der Waals surface area contributed by atoms with Crippen LogP contribution in [0.3, 0.4) is 0 Å². The molecule has 0 aromatic carbocycles. The second kappa shape index (κ2) is 13.9. The van der Waals surface area contributed by atoms with Gasteiger partial charge in [-0.2, -0.15) is 11.8 Å². The van der Waals surface area contributed by atoms with Crippen LogP contribution in [0.25, 0.3) is 0 Å². The Morgan fingerprint density at radius 2 is 1.69 bits per heavy atom. The van der Waals surface area contributed by atoms with Crippen LogP contribution in [0, 0.1) is 5.92 Å². The first-order chi connectivity index (χ1) is 15.0. The van der Waals surface area contributed by atoms with Crippen molar-refractivity contribution in [1.29, 1.82) is 0 Å². The Kier molecular flexibility index (Phi) is 12.1. The third-order valence-electron chi connectivity index (χ3n) is 4.98. The fourth-order valence-corrected chi connectivity index (χ4v) is 3.80. The lowest BCUT2D eigenvalue weighted by molar-refractivity contribution is -0.142. The maximum atomic E-state index is 12.9. The molecule has 1 aliphatic rings. The van der Waals surface area contributed by atoms with E-state index in [2.05, 4.69) is 21.3 Å². The van der Waals surface area contributed by atoms with E-state index in [1.54, 1.807) is 0 Å². The van der Waals surface area contributed by atoms with Gasteiger partial charge in [0.05, 0.1) is 12.5 Å². The molecule has 0 spiro atoms. The molecule has 4 unspecified atom stereocenters. The molecular formula is C20H35N5O6S. The van der Waals surface area contributed by atoms with Gasteiger partial charge in [0.15, 0.2) is 0 Å². The third-order valence-corrected chi connectivity index (χ3v) is 5.62. The van der Waals surface area contributed by atoms with Crippen LogP contribution in [-0.4, -0.2) is 77.4 Å². The van der Waals surface area contributed by atoms with E-state index in [-0.39, 0.29) is 18.8 Å². The molecule has 1 saturated heterocycles. The Morgan fingerprint density at radius 3 is 2.19 bits per heavy atom. The van der Waals surface area contributed by atoms with E-state index in [1.165, 1.54) is 11.8 Å². The lowest BCUT2D eigenvalue weighted by Crippen LogP contribution is -2.58. The van der Waals surface area contributed by atoms with E-state index in [1.807, 2.05) is 20.1 Å². The summed E-state index contributed by atoms with van der Waals surface area (Å²) < 4.78 is 0.